The lowest BCUT2D eigenvalue weighted by Crippen LogP contribution is -2.27. The monoisotopic (exact) mass is 320 g/mol. The van der Waals surface area contributed by atoms with Gasteiger partial charge in [0, 0.05) is 13.8 Å². The predicted octanol–water partition coefficient (Wildman–Crippen LogP) is 1.65. The van der Waals surface area contributed by atoms with Crippen molar-refractivity contribution in [1.82, 2.24) is 0 Å². The molecule has 8 heteroatoms. The minimum Gasteiger partial charge on any atom is -0.465 e. The predicted molar refractivity (Wildman–Crippen MR) is 74.9 cm³/mol. The van der Waals surface area contributed by atoms with E-state index in [9.17, 15) is 14.4 Å². The van der Waals surface area contributed by atoms with Gasteiger partial charge in [0.25, 0.3) is 0 Å². The van der Waals surface area contributed by atoms with Gasteiger partial charge in [0.1, 0.15) is 19.8 Å². The van der Waals surface area contributed by atoms with E-state index >= 15 is 0 Å². The lowest BCUT2D eigenvalue weighted by molar-refractivity contribution is -0.148. The van der Waals surface area contributed by atoms with E-state index in [1.165, 1.54) is 13.8 Å². The number of esters is 2. The minimum atomic E-state index is -0.913. The van der Waals surface area contributed by atoms with Crippen LogP contribution in [0.1, 0.15) is 34.6 Å². The first kappa shape index (κ1) is 20.2. The van der Waals surface area contributed by atoms with Crippen LogP contribution in [0.5, 0.6) is 0 Å². The van der Waals surface area contributed by atoms with Gasteiger partial charge >= 0.3 is 18.1 Å². The number of carbonyl (C=O) groups excluding carboxylic acids is 3. The fraction of sp³-hybridized carbons (Fsp3) is 0.786. The fourth-order valence-electron chi connectivity index (χ4n) is 1.38. The van der Waals surface area contributed by atoms with Gasteiger partial charge in [-0.15, -0.1) is 0 Å². The molecule has 0 saturated heterocycles. The van der Waals surface area contributed by atoms with Crippen molar-refractivity contribution < 1.29 is 38.1 Å². The molecule has 0 saturated carbocycles. The van der Waals surface area contributed by atoms with Gasteiger partial charge in [0.05, 0.1) is 12.0 Å². The van der Waals surface area contributed by atoms with Crippen LogP contribution < -0.4 is 0 Å². The van der Waals surface area contributed by atoms with Gasteiger partial charge in [-0.2, -0.15) is 0 Å². The highest BCUT2D eigenvalue weighted by atomic mass is 16.8. The molecule has 0 aromatic heterocycles. The fourth-order valence-corrected chi connectivity index (χ4v) is 1.38. The Balaban J connectivity index is 4.20. The number of rotatable bonds is 9. The van der Waals surface area contributed by atoms with Crippen LogP contribution in [0.15, 0.2) is 0 Å². The van der Waals surface area contributed by atoms with E-state index < -0.39 is 30.3 Å². The smallest absolute Gasteiger partial charge is 0.465 e. The molecule has 0 spiro atoms. The summed E-state index contributed by atoms with van der Waals surface area (Å²) in [5.41, 5.74) is 0. The van der Waals surface area contributed by atoms with Crippen molar-refractivity contribution >= 4 is 18.1 Å². The maximum Gasteiger partial charge on any atom is 0.510 e. The summed E-state index contributed by atoms with van der Waals surface area (Å²) in [6.07, 6.45) is -1.75. The SMILES string of the molecule is CC(=O)OCC(COC(C)=O)COC(=O)OC(C)OC(C)C. The highest BCUT2D eigenvalue weighted by Crippen LogP contribution is 2.05. The molecule has 0 amide bonds. The second kappa shape index (κ2) is 10.8. The quantitative estimate of drug-likeness (QED) is 0.359. The third-order valence-electron chi connectivity index (χ3n) is 2.21. The first-order valence-corrected chi connectivity index (χ1v) is 6.96. The molecule has 0 aliphatic heterocycles. The summed E-state index contributed by atoms with van der Waals surface area (Å²) in [5, 5.41) is 0. The van der Waals surface area contributed by atoms with E-state index in [2.05, 4.69) is 0 Å². The van der Waals surface area contributed by atoms with Crippen LogP contribution in [-0.2, 0) is 33.3 Å². The average Bonchev–Trinajstić information content (AvgIpc) is 2.35. The summed E-state index contributed by atoms with van der Waals surface area (Å²) in [5.74, 6) is -1.43. The van der Waals surface area contributed by atoms with E-state index in [0.717, 1.165) is 0 Å². The van der Waals surface area contributed by atoms with Crippen molar-refractivity contribution in [1.29, 1.82) is 0 Å². The van der Waals surface area contributed by atoms with Crippen molar-refractivity contribution in [3.8, 4) is 0 Å². The summed E-state index contributed by atoms with van der Waals surface area (Å²) in [6, 6.07) is 0. The first-order valence-electron chi connectivity index (χ1n) is 6.96. The lowest BCUT2D eigenvalue weighted by atomic mass is 10.2. The molecule has 128 valence electrons. The van der Waals surface area contributed by atoms with Gasteiger partial charge in [-0.25, -0.2) is 4.79 Å². The molecule has 0 fully saturated rings. The Hall–Kier alpha value is -1.83. The third kappa shape index (κ3) is 12.0. The maximum absolute atomic E-state index is 11.5. The Labute approximate surface area is 130 Å². The van der Waals surface area contributed by atoms with Crippen molar-refractivity contribution in [2.45, 2.75) is 47.0 Å². The Morgan fingerprint density at radius 1 is 0.818 bits per heavy atom. The topological polar surface area (TPSA) is 97.4 Å². The van der Waals surface area contributed by atoms with Gasteiger partial charge < -0.3 is 23.7 Å². The number of ether oxygens (including phenoxy) is 5. The molecule has 0 aliphatic rings. The zero-order valence-corrected chi connectivity index (χ0v) is 13.6. The second-order valence-corrected chi connectivity index (χ2v) is 4.90. The van der Waals surface area contributed by atoms with E-state index in [1.807, 2.05) is 0 Å². The molecule has 8 nitrogen and oxygen atoms in total. The number of carbonyl (C=O) groups is 3. The Morgan fingerprint density at radius 2 is 1.27 bits per heavy atom. The van der Waals surface area contributed by atoms with Crippen LogP contribution in [0.4, 0.5) is 4.79 Å². The van der Waals surface area contributed by atoms with E-state index in [0.29, 0.717) is 0 Å². The summed E-state index contributed by atoms with van der Waals surface area (Å²) in [4.78, 5) is 33.1. The highest BCUT2D eigenvalue weighted by Gasteiger charge is 2.18. The van der Waals surface area contributed by atoms with Gasteiger partial charge in [-0.05, 0) is 20.8 Å². The molecule has 0 aromatic rings. The maximum atomic E-state index is 11.5. The molecule has 0 rings (SSSR count). The molecule has 0 aliphatic carbocycles. The van der Waals surface area contributed by atoms with Crippen molar-refractivity contribution in [2.24, 2.45) is 5.92 Å². The van der Waals surface area contributed by atoms with Gasteiger partial charge in [-0.3, -0.25) is 9.59 Å². The van der Waals surface area contributed by atoms with Crippen LogP contribution in [-0.4, -0.2) is 50.3 Å². The van der Waals surface area contributed by atoms with Crippen LogP contribution >= 0.6 is 0 Å². The van der Waals surface area contributed by atoms with Crippen LogP contribution in [0.25, 0.3) is 0 Å². The largest absolute Gasteiger partial charge is 0.510 e. The summed E-state index contributed by atoms with van der Waals surface area (Å²) < 4.78 is 24.6. The van der Waals surface area contributed by atoms with Gasteiger partial charge in [0.15, 0.2) is 0 Å². The summed E-state index contributed by atoms with van der Waals surface area (Å²) in [6.45, 7) is 7.50. The molecule has 0 N–H and O–H groups in total. The van der Waals surface area contributed by atoms with Crippen molar-refractivity contribution in [3.63, 3.8) is 0 Å². The van der Waals surface area contributed by atoms with Gasteiger partial charge in [-0.1, -0.05) is 0 Å². The Bertz CT molecular complexity index is 348. The second-order valence-electron chi connectivity index (χ2n) is 4.90. The van der Waals surface area contributed by atoms with Crippen LogP contribution in [0.3, 0.4) is 0 Å². The molecule has 0 aromatic carbocycles. The van der Waals surface area contributed by atoms with E-state index in [1.54, 1.807) is 20.8 Å². The molecule has 0 heterocycles. The molecule has 0 bridgehead atoms. The first-order chi connectivity index (χ1) is 10.2. The molecule has 0 radical (unpaired) electrons. The highest BCUT2D eigenvalue weighted by molar-refractivity contribution is 5.66. The standard InChI is InChI=1S/C14H24O8/c1-9(2)21-12(5)22-14(17)20-8-13(6-18-10(3)15)7-19-11(4)16/h9,12-13H,6-8H2,1-5H3. The molecular formula is C14H24O8. The van der Waals surface area contributed by atoms with E-state index in [-0.39, 0.29) is 25.9 Å². The van der Waals surface area contributed by atoms with Gasteiger partial charge in [0.2, 0.25) is 6.29 Å². The molecule has 22 heavy (non-hydrogen) atoms. The summed E-state index contributed by atoms with van der Waals surface area (Å²) in [7, 11) is 0. The minimum absolute atomic E-state index is 0.0338. The molecule has 1 unspecified atom stereocenters. The number of hydrogen-bond donors (Lipinski definition) is 0. The Morgan fingerprint density at radius 3 is 1.68 bits per heavy atom. The van der Waals surface area contributed by atoms with Crippen molar-refractivity contribution in [3.05, 3.63) is 0 Å². The molecular weight excluding hydrogens is 296 g/mol. The summed E-state index contributed by atoms with van der Waals surface area (Å²) >= 11 is 0. The zero-order valence-electron chi connectivity index (χ0n) is 13.6. The lowest BCUT2D eigenvalue weighted by Gasteiger charge is -2.18. The average molecular weight is 320 g/mol. The van der Waals surface area contributed by atoms with Crippen LogP contribution in [0, 0.1) is 5.92 Å². The number of hydrogen-bond acceptors (Lipinski definition) is 8. The molecule has 1 atom stereocenters. The van der Waals surface area contributed by atoms with Crippen molar-refractivity contribution in [2.75, 3.05) is 19.8 Å². The third-order valence-corrected chi connectivity index (χ3v) is 2.21. The Kier molecular flexibility index (Phi) is 9.93. The zero-order chi connectivity index (χ0) is 17.1. The van der Waals surface area contributed by atoms with E-state index in [4.69, 9.17) is 23.7 Å². The van der Waals surface area contributed by atoms with Crippen LogP contribution in [0.2, 0.25) is 0 Å². The normalized spacial score (nSPS) is 12.0.